The average Bonchev–Trinajstić information content (AvgIpc) is 2.96. The third-order valence-corrected chi connectivity index (χ3v) is 10.6. The summed E-state index contributed by atoms with van der Waals surface area (Å²) in [5, 5.41) is 0. The van der Waals surface area contributed by atoms with E-state index in [9.17, 15) is 9.59 Å². The van der Waals surface area contributed by atoms with Crippen LogP contribution >= 0.6 is 47.0 Å². The van der Waals surface area contributed by atoms with Crippen LogP contribution in [0.15, 0.2) is 117 Å². The van der Waals surface area contributed by atoms with Crippen LogP contribution in [-0.2, 0) is 9.59 Å². The van der Waals surface area contributed by atoms with Crippen molar-refractivity contribution in [2.24, 2.45) is 0 Å². The van der Waals surface area contributed by atoms with Crippen LogP contribution in [-0.4, -0.2) is 34.8 Å². The molecule has 4 aromatic rings. The van der Waals surface area contributed by atoms with Gasteiger partial charge >= 0.3 is 0 Å². The van der Waals surface area contributed by atoms with Crippen molar-refractivity contribution in [1.29, 1.82) is 0 Å². The van der Waals surface area contributed by atoms with E-state index < -0.39 is 0 Å². The summed E-state index contributed by atoms with van der Waals surface area (Å²) in [7, 11) is 0. The van der Waals surface area contributed by atoms with Crippen molar-refractivity contribution in [2.75, 3.05) is 32.8 Å². The van der Waals surface area contributed by atoms with Gasteiger partial charge in [0.15, 0.2) is 0 Å². The number of fused-ring (bicyclic) bond motifs is 4. The smallest absolute Gasteiger partial charge is 0.241 e. The van der Waals surface area contributed by atoms with Gasteiger partial charge in [-0.05, 0) is 48.5 Å². The van der Waals surface area contributed by atoms with Crippen LogP contribution in [0.25, 0.3) is 0 Å². The Hall–Kier alpha value is -2.78. The summed E-state index contributed by atoms with van der Waals surface area (Å²) in [5.74, 6) is 2.56. The van der Waals surface area contributed by atoms with Gasteiger partial charge in [0, 0.05) is 31.1 Å². The van der Waals surface area contributed by atoms with E-state index in [0.717, 1.165) is 53.8 Å². The summed E-state index contributed by atoms with van der Waals surface area (Å²) in [4.78, 5) is 34.8. The van der Waals surface area contributed by atoms with Gasteiger partial charge in [0.25, 0.3) is 0 Å². The lowest BCUT2D eigenvalue weighted by molar-refractivity contribution is -0.116. The van der Waals surface area contributed by atoms with Gasteiger partial charge in [-0.2, -0.15) is 23.5 Å². The Bertz CT molecular complexity index is 1310. The summed E-state index contributed by atoms with van der Waals surface area (Å²) in [6.07, 6.45) is 0. The van der Waals surface area contributed by atoms with Crippen molar-refractivity contribution >= 4 is 81.6 Å². The molecular formula is C30H24N2O2S4. The van der Waals surface area contributed by atoms with Crippen molar-refractivity contribution in [3.05, 3.63) is 97.1 Å². The molecule has 4 nitrogen and oxygen atoms in total. The molecule has 0 fully saturated rings. The molecule has 38 heavy (non-hydrogen) atoms. The van der Waals surface area contributed by atoms with E-state index in [2.05, 4.69) is 24.3 Å². The molecule has 0 N–H and O–H groups in total. The molecular weight excluding hydrogens is 549 g/mol. The van der Waals surface area contributed by atoms with Crippen molar-refractivity contribution in [3.63, 3.8) is 0 Å². The van der Waals surface area contributed by atoms with Crippen molar-refractivity contribution in [3.8, 4) is 0 Å². The molecule has 190 valence electrons. The fourth-order valence-electron chi connectivity index (χ4n) is 4.51. The Morgan fingerprint density at radius 2 is 0.789 bits per heavy atom. The largest absolute Gasteiger partial charge is 0.278 e. The van der Waals surface area contributed by atoms with Gasteiger partial charge < -0.3 is 0 Å². The molecule has 0 bridgehead atoms. The summed E-state index contributed by atoms with van der Waals surface area (Å²) in [6, 6.07) is 32.3. The van der Waals surface area contributed by atoms with Gasteiger partial charge in [-0.15, -0.1) is 0 Å². The predicted octanol–water partition coefficient (Wildman–Crippen LogP) is 8.11. The number of carbonyl (C=O) groups is 2. The molecule has 0 aliphatic carbocycles. The number of hydrogen-bond donors (Lipinski definition) is 0. The second-order valence-electron chi connectivity index (χ2n) is 8.64. The lowest BCUT2D eigenvalue weighted by Crippen LogP contribution is -2.30. The normalized spacial score (nSPS) is 13.3. The molecule has 0 saturated heterocycles. The highest BCUT2D eigenvalue weighted by Crippen LogP contribution is 2.49. The number of benzene rings is 4. The third-order valence-electron chi connectivity index (χ3n) is 6.19. The van der Waals surface area contributed by atoms with Gasteiger partial charge in [-0.1, -0.05) is 72.1 Å². The molecule has 2 amide bonds. The minimum Gasteiger partial charge on any atom is -0.278 e. The molecule has 0 saturated carbocycles. The van der Waals surface area contributed by atoms with Crippen molar-refractivity contribution in [1.82, 2.24) is 0 Å². The van der Waals surface area contributed by atoms with Gasteiger partial charge in [-0.3, -0.25) is 19.4 Å². The van der Waals surface area contributed by atoms with E-state index in [1.54, 1.807) is 47.0 Å². The Morgan fingerprint density at radius 1 is 0.500 bits per heavy atom. The van der Waals surface area contributed by atoms with Crippen LogP contribution in [0.2, 0.25) is 0 Å². The standard InChI is InChI=1S/C30H24N2O2S4/c33-29(31-21-9-1-5-13-25(21)37-26-14-6-2-10-22(26)31)19-35-17-18-36-20-30(34)32-23-11-3-7-15-27(23)38-28-16-8-4-12-24(28)32/h1-16H,17-20H2. The number of hydrogen-bond acceptors (Lipinski definition) is 6. The number of para-hydroxylation sites is 4. The fraction of sp³-hybridized carbons (Fsp3) is 0.133. The molecule has 0 unspecified atom stereocenters. The highest BCUT2D eigenvalue weighted by Gasteiger charge is 2.29. The Balaban J connectivity index is 1.04. The van der Waals surface area contributed by atoms with Crippen LogP contribution < -0.4 is 9.80 Å². The summed E-state index contributed by atoms with van der Waals surface area (Å²) in [5.41, 5.74) is 3.79. The predicted molar refractivity (Wildman–Crippen MR) is 163 cm³/mol. The summed E-state index contributed by atoms with van der Waals surface area (Å²) < 4.78 is 0. The monoisotopic (exact) mass is 572 g/mol. The number of thioether (sulfide) groups is 2. The summed E-state index contributed by atoms with van der Waals surface area (Å²) >= 11 is 6.65. The maximum Gasteiger partial charge on any atom is 0.241 e. The van der Waals surface area contributed by atoms with Crippen LogP contribution in [0.4, 0.5) is 22.7 Å². The quantitative estimate of drug-likeness (QED) is 0.208. The number of rotatable bonds is 7. The first-order chi connectivity index (χ1) is 18.7. The first kappa shape index (κ1) is 25.5. The minimum atomic E-state index is 0.0790. The second kappa shape index (κ2) is 11.5. The zero-order valence-electron chi connectivity index (χ0n) is 20.4. The zero-order chi connectivity index (χ0) is 25.9. The highest BCUT2D eigenvalue weighted by atomic mass is 32.2. The molecule has 2 aliphatic rings. The molecule has 2 heterocycles. The van der Waals surface area contributed by atoms with E-state index in [-0.39, 0.29) is 11.8 Å². The van der Waals surface area contributed by atoms with Crippen molar-refractivity contribution in [2.45, 2.75) is 19.6 Å². The number of nitrogens with zero attached hydrogens (tertiary/aromatic N) is 2. The minimum absolute atomic E-state index is 0.0790. The van der Waals surface area contributed by atoms with Crippen LogP contribution in [0.1, 0.15) is 0 Å². The van der Waals surface area contributed by atoms with E-state index in [1.807, 2.05) is 82.6 Å². The molecule has 0 atom stereocenters. The molecule has 0 radical (unpaired) electrons. The van der Waals surface area contributed by atoms with Gasteiger partial charge in [-0.25, -0.2) is 0 Å². The van der Waals surface area contributed by atoms with Crippen LogP contribution in [0, 0.1) is 0 Å². The molecule has 0 aromatic heterocycles. The van der Waals surface area contributed by atoms with Crippen LogP contribution in [0.5, 0.6) is 0 Å². The number of amides is 2. The third kappa shape index (κ3) is 5.10. The SMILES string of the molecule is O=C(CSCCSCC(=O)N1c2ccccc2Sc2ccccc21)N1c2ccccc2Sc2ccccc21. The first-order valence-corrected chi connectivity index (χ1v) is 16.2. The number of anilines is 4. The maximum absolute atomic E-state index is 13.3. The second-order valence-corrected chi connectivity index (χ2v) is 13.0. The van der Waals surface area contributed by atoms with E-state index in [0.29, 0.717) is 11.5 Å². The molecule has 0 spiro atoms. The Kier molecular flexibility index (Phi) is 7.74. The maximum atomic E-state index is 13.3. The average molecular weight is 573 g/mol. The summed E-state index contributed by atoms with van der Waals surface area (Å²) in [6.45, 7) is 0. The highest BCUT2D eigenvalue weighted by molar-refractivity contribution is 8.03. The van der Waals surface area contributed by atoms with E-state index >= 15 is 0 Å². The fourth-order valence-corrected chi connectivity index (χ4v) is 8.47. The van der Waals surface area contributed by atoms with E-state index in [4.69, 9.17) is 0 Å². The Morgan fingerprint density at radius 3 is 1.11 bits per heavy atom. The first-order valence-electron chi connectivity index (χ1n) is 12.2. The van der Waals surface area contributed by atoms with E-state index in [1.165, 1.54) is 0 Å². The lowest BCUT2D eigenvalue weighted by atomic mass is 10.2. The molecule has 4 aromatic carbocycles. The lowest BCUT2D eigenvalue weighted by Gasteiger charge is -2.31. The topological polar surface area (TPSA) is 40.6 Å². The van der Waals surface area contributed by atoms with Gasteiger partial charge in [0.1, 0.15) is 0 Å². The van der Waals surface area contributed by atoms with Crippen molar-refractivity contribution < 1.29 is 9.59 Å². The van der Waals surface area contributed by atoms with Gasteiger partial charge in [0.2, 0.25) is 11.8 Å². The molecule has 6 rings (SSSR count). The molecule has 8 heteroatoms. The molecule has 2 aliphatic heterocycles. The number of carbonyl (C=O) groups excluding carboxylic acids is 2. The van der Waals surface area contributed by atoms with Crippen LogP contribution in [0.3, 0.4) is 0 Å². The zero-order valence-corrected chi connectivity index (χ0v) is 23.7. The van der Waals surface area contributed by atoms with Gasteiger partial charge in [0.05, 0.1) is 34.3 Å². The Labute approximate surface area is 239 Å².